The zero-order chi connectivity index (χ0) is 12.4. The second-order valence-corrected chi connectivity index (χ2v) is 5.81. The van der Waals surface area contributed by atoms with E-state index in [1.807, 2.05) is 0 Å². The zero-order valence-corrected chi connectivity index (χ0v) is 11.0. The highest BCUT2D eigenvalue weighted by Crippen LogP contribution is 2.25. The molecule has 3 N–H and O–H groups in total. The third kappa shape index (κ3) is 3.27. The first kappa shape index (κ1) is 13.0. The molecule has 0 aromatic rings. The molecule has 4 unspecified atom stereocenters. The number of hydrogen-bond donors (Lipinski definition) is 2. The first-order valence-electron chi connectivity index (χ1n) is 6.77. The summed E-state index contributed by atoms with van der Waals surface area (Å²) in [6, 6.07) is 1.10. The zero-order valence-electron chi connectivity index (χ0n) is 11.0. The van der Waals surface area contributed by atoms with Crippen LogP contribution in [0.2, 0.25) is 0 Å². The molecular weight excluding hydrogens is 214 g/mol. The van der Waals surface area contributed by atoms with Gasteiger partial charge in [-0.25, -0.2) is 0 Å². The fourth-order valence-electron chi connectivity index (χ4n) is 3.13. The first-order chi connectivity index (χ1) is 8.06. The third-order valence-electron chi connectivity index (χ3n) is 4.32. The number of ketones is 1. The molecule has 17 heavy (non-hydrogen) atoms. The average molecular weight is 239 g/mol. The van der Waals surface area contributed by atoms with Crippen molar-refractivity contribution < 1.29 is 4.79 Å². The summed E-state index contributed by atoms with van der Waals surface area (Å²) in [7, 11) is 2.15. The van der Waals surface area contributed by atoms with Gasteiger partial charge >= 0.3 is 0 Å². The molecule has 4 atom stereocenters. The minimum absolute atomic E-state index is 0.219. The lowest BCUT2D eigenvalue weighted by Crippen LogP contribution is -2.53. The van der Waals surface area contributed by atoms with E-state index in [4.69, 9.17) is 5.73 Å². The lowest BCUT2D eigenvalue weighted by atomic mass is 9.80. The Bertz CT molecular complexity index is 282. The number of likely N-dealkylation sites (N-methyl/N-ethyl adjacent to an activating group) is 1. The van der Waals surface area contributed by atoms with E-state index < -0.39 is 0 Å². The van der Waals surface area contributed by atoms with Gasteiger partial charge in [0.05, 0.1) is 0 Å². The number of carbonyl (C=O) groups is 1. The van der Waals surface area contributed by atoms with E-state index in [-0.39, 0.29) is 12.0 Å². The molecule has 0 spiro atoms. The van der Waals surface area contributed by atoms with Gasteiger partial charge in [-0.1, -0.05) is 0 Å². The van der Waals surface area contributed by atoms with Gasteiger partial charge in [-0.05, 0) is 46.2 Å². The molecule has 4 heteroatoms. The quantitative estimate of drug-likeness (QED) is 0.747. The number of likely N-dealkylation sites (tertiary alicyclic amines) is 1. The number of carbonyl (C=O) groups excluding carboxylic acids is 1. The van der Waals surface area contributed by atoms with Crippen LogP contribution in [0.5, 0.6) is 0 Å². The standard InChI is InChI=1S/C13H25N3O/c1-9(17)10-3-4-12(14)13(7-10)15-11-5-6-16(2)8-11/h10-13,15H,3-8,14H2,1-2H3. The Kier molecular flexibility index (Phi) is 4.17. The van der Waals surface area contributed by atoms with Crippen molar-refractivity contribution in [2.75, 3.05) is 20.1 Å². The normalized spacial score (nSPS) is 39.5. The Morgan fingerprint density at radius 3 is 2.71 bits per heavy atom. The molecule has 1 heterocycles. The molecule has 2 rings (SSSR count). The molecule has 98 valence electrons. The van der Waals surface area contributed by atoms with Crippen molar-refractivity contribution in [2.45, 2.75) is 50.7 Å². The summed E-state index contributed by atoms with van der Waals surface area (Å²) in [6.07, 6.45) is 4.07. The highest BCUT2D eigenvalue weighted by molar-refractivity contribution is 5.78. The van der Waals surface area contributed by atoms with Crippen molar-refractivity contribution >= 4 is 5.78 Å². The molecule has 0 aromatic carbocycles. The number of nitrogens with zero attached hydrogens (tertiary/aromatic N) is 1. The van der Waals surface area contributed by atoms with Crippen LogP contribution in [0.25, 0.3) is 0 Å². The molecule has 0 amide bonds. The molecule has 2 aliphatic rings. The van der Waals surface area contributed by atoms with E-state index in [2.05, 4.69) is 17.3 Å². The van der Waals surface area contributed by atoms with Crippen LogP contribution in [-0.2, 0) is 4.79 Å². The van der Waals surface area contributed by atoms with Crippen LogP contribution < -0.4 is 11.1 Å². The molecule has 1 saturated carbocycles. The van der Waals surface area contributed by atoms with Gasteiger partial charge in [0.2, 0.25) is 0 Å². The minimum Gasteiger partial charge on any atom is -0.326 e. The summed E-state index contributed by atoms with van der Waals surface area (Å²) in [4.78, 5) is 13.8. The van der Waals surface area contributed by atoms with Crippen LogP contribution in [0.3, 0.4) is 0 Å². The number of Topliss-reactive ketones (excluding diaryl/α,β-unsaturated/α-hetero) is 1. The maximum Gasteiger partial charge on any atom is 0.132 e. The summed E-state index contributed by atoms with van der Waals surface area (Å²) in [5.41, 5.74) is 6.17. The second kappa shape index (κ2) is 5.46. The Labute approximate surface area is 104 Å². The minimum atomic E-state index is 0.219. The maximum absolute atomic E-state index is 11.5. The van der Waals surface area contributed by atoms with Gasteiger partial charge in [-0.15, -0.1) is 0 Å². The number of rotatable bonds is 3. The van der Waals surface area contributed by atoms with E-state index in [1.165, 1.54) is 6.42 Å². The highest BCUT2D eigenvalue weighted by Gasteiger charge is 2.32. The van der Waals surface area contributed by atoms with Crippen LogP contribution in [-0.4, -0.2) is 48.9 Å². The topological polar surface area (TPSA) is 58.4 Å². The lowest BCUT2D eigenvalue weighted by molar-refractivity contribution is -0.122. The summed E-state index contributed by atoms with van der Waals surface area (Å²) in [6.45, 7) is 3.98. The van der Waals surface area contributed by atoms with Crippen molar-refractivity contribution in [1.82, 2.24) is 10.2 Å². The molecule has 1 saturated heterocycles. The molecule has 4 nitrogen and oxygen atoms in total. The van der Waals surface area contributed by atoms with E-state index in [0.717, 1.165) is 32.4 Å². The molecule has 2 fully saturated rings. The van der Waals surface area contributed by atoms with Gasteiger partial charge in [0, 0.05) is 30.6 Å². The van der Waals surface area contributed by atoms with Gasteiger partial charge in [0.1, 0.15) is 5.78 Å². The van der Waals surface area contributed by atoms with E-state index in [1.54, 1.807) is 6.92 Å². The SMILES string of the molecule is CC(=O)C1CCC(N)C(NC2CCN(C)C2)C1. The maximum atomic E-state index is 11.5. The predicted octanol–water partition coefficient (Wildman–Crippen LogP) is 0.365. The van der Waals surface area contributed by atoms with Crippen molar-refractivity contribution in [1.29, 1.82) is 0 Å². The monoisotopic (exact) mass is 239 g/mol. The Morgan fingerprint density at radius 1 is 1.35 bits per heavy atom. The van der Waals surface area contributed by atoms with Gasteiger partial charge in [-0.2, -0.15) is 0 Å². The Hall–Kier alpha value is -0.450. The fourth-order valence-corrected chi connectivity index (χ4v) is 3.13. The van der Waals surface area contributed by atoms with E-state index in [0.29, 0.717) is 17.9 Å². The van der Waals surface area contributed by atoms with Gasteiger partial charge in [-0.3, -0.25) is 4.79 Å². The number of nitrogens with two attached hydrogens (primary N) is 1. The summed E-state index contributed by atoms with van der Waals surface area (Å²) < 4.78 is 0. The molecule has 0 aromatic heterocycles. The smallest absolute Gasteiger partial charge is 0.132 e. The van der Waals surface area contributed by atoms with Crippen LogP contribution in [0.4, 0.5) is 0 Å². The predicted molar refractivity (Wildman–Crippen MR) is 68.8 cm³/mol. The van der Waals surface area contributed by atoms with Crippen molar-refractivity contribution in [3.05, 3.63) is 0 Å². The van der Waals surface area contributed by atoms with E-state index in [9.17, 15) is 4.79 Å². The number of nitrogens with one attached hydrogen (secondary N) is 1. The summed E-state index contributed by atoms with van der Waals surface area (Å²) in [5.74, 6) is 0.554. The molecule has 0 bridgehead atoms. The van der Waals surface area contributed by atoms with Crippen LogP contribution in [0, 0.1) is 5.92 Å². The molecule has 0 radical (unpaired) electrons. The summed E-state index contributed by atoms with van der Waals surface area (Å²) in [5, 5.41) is 3.66. The Morgan fingerprint density at radius 2 is 2.12 bits per heavy atom. The van der Waals surface area contributed by atoms with Gasteiger partial charge < -0.3 is 16.0 Å². The molecule has 1 aliphatic heterocycles. The van der Waals surface area contributed by atoms with E-state index >= 15 is 0 Å². The average Bonchev–Trinajstić information content (AvgIpc) is 2.67. The van der Waals surface area contributed by atoms with Crippen molar-refractivity contribution in [3.8, 4) is 0 Å². The van der Waals surface area contributed by atoms with Crippen LogP contribution >= 0.6 is 0 Å². The second-order valence-electron chi connectivity index (χ2n) is 5.81. The fraction of sp³-hybridized carbons (Fsp3) is 0.923. The molecule has 1 aliphatic carbocycles. The third-order valence-corrected chi connectivity index (χ3v) is 4.32. The van der Waals surface area contributed by atoms with Crippen molar-refractivity contribution in [2.24, 2.45) is 11.7 Å². The molecular formula is C13H25N3O. The van der Waals surface area contributed by atoms with Gasteiger partial charge in [0.15, 0.2) is 0 Å². The van der Waals surface area contributed by atoms with Crippen molar-refractivity contribution in [3.63, 3.8) is 0 Å². The highest BCUT2D eigenvalue weighted by atomic mass is 16.1. The van der Waals surface area contributed by atoms with Crippen LogP contribution in [0.15, 0.2) is 0 Å². The number of hydrogen-bond acceptors (Lipinski definition) is 4. The van der Waals surface area contributed by atoms with Gasteiger partial charge in [0.25, 0.3) is 0 Å². The lowest BCUT2D eigenvalue weighted by Gasteiger charge is -2.35. The van der Waals surface area contributed by atoms with Crippen LogP contribution in [0.1, 0.15) is 32.6 Å². The first-order valence-corrected chi connectivity index (χ1v) is 6.77. The summed E-state index contributed by atoms with van der Waals surface area (Å²) >= 11 is 0. The largest absolute Gasteiger partial charge is 0.326 e. The Balaban J connectivity index is 1.87.